The van der Waals surface area contributed by atoms with Crippen LogP contribution in [0.1, 0.15) is 37.4 Å². The van der Waals surface area contributed by atoms with Gasteiger partial charge in [-0.15, -0.1) is 0 Å². The zero-order chi connectivity index (χ0) is 22.1. The zero-order valence-electron chi connectivity index (χ0n) is 16.8. The number of anilines is 1. The van der Waals surface area contributed by atoms with Gasteiger partial charge in [0, 0.05) is 24.6 Å². The lowest BCUT2D eigenvalue weighted by Crippen LogP contribution is -2.44. The highest BCUT2D eigenvalue weighted by Crippen LogP contribution is 2.39. The summed E-state index contributed by atoms with van der Waals surface area (Å²) in [5.74, 6) is -0.791. The van der Waals surface area contributed by atoms with E-state index in [1.807, 2.05) is 13.8 Å². The number of amides is 2. The average molecular weight is 439 g/mol. The molecule has 1 atom stereocenters. The number of sulfonamides is 1. The Morgan fingerprint density at radius 3 is 2.60 bits per heavy atom. The number of fused-ring (bicyclic) bond motifs is 1. The highest BCUT2D eigenvalue weighted by molar-refractivity contribution is 7.92. The number of ether oxygens (including phenoxy) is 1. The Bertz CT molecular complexity index is 1070. The second kappa shape index (κ2) is 8.10. The van der Waals surface area contributed by atoms with Crippen molar-refractivity contribution in [3.05, 3.63) is 59.2 Å². The molecule has 0 aliphatic carbocycles. The third-order valence-electron chi connectivity index (χ3n) is 4.52. The van der Waals surface area contributed by atoms with Gasteiger partial charge in [-0.2, -0.15) is 0 Å². The summed E-state index contributed by atoms with van der Waals surface area (Å²) in [7, 11) is -3.59. The summed E-state index contributed by atoms with van der Waals surface area (Å²) in [6, 6.07) is 7.25. The number of benzene rings is 2. The van der Waals surface area contributed by atoms with Crippen molar-refractivity contribution in [2.75, 3.05) is 11.0 Å². The predicted octanol–water partition coefficient (Wildman–Crippen LogP) is 3.44. The van der Waals surface area contributed by atoms with E-state index >= 15 is 0 Å². The van der Waals surface area contributed by atoms with Crippen molar-refractivity contribution in [2.24, 2.45) is 0 Å². The molecule has 2 aromatic rings. The van der Waals surface area contributed by atoms with Crippen molar-refractivity contribution in [3.8, 4) is 5.75 Å². The van der Waals surface area contributed by atoms with Gasteiger partial charge >= 0.3 is 6.03 Å². The lowest BCUT2D eigenvalue weighted by Gasteiger charge is -2.37. The minimum absolute atomic E-state index is 0.0325. The summed E-state index contributed by atoms with van der Waals surface area (Å²) in [5.41, 5.74) is 0.369. The summed E-state index contributed by atoms with van der Waals surface area (Å²) >= 11 is 0. The number of carbonyl (C=O) groups is 1. The molecule has 2 amide bonds. The van der Waals surface area contributed by atoms with Gasteiger partial charge in [0.15, 0.2) is 0 Å². The van der Waals surface area contributed by atoms with Gasteiger partial charge in [-0.05, 0) is 37.6 Å². The molecule has 0 saturated carbocycles. The van der Waals surface area contributed by atoms with Gasteiger partial charge in [0.05, 0.1) is 18.0 Å². The normalized spacial score (nSPS) is 17.4. The van der Waals surface area contributed by atoms with Crippen LogP contribution in [0.2, 0.25) is 0 Å². The molecule has 1 heterocycles. The minimum Gasteiger partial charge on any atom is -0.487 e. The molecule has 3 rings (SSSR count). The van der Waals surface area contributed by atoms with Crippen LogP contribution in [0.15, 0.2) is 36.4 Å². The Morgan fingerprint density at radius 2 is 1.93 bits per heavy atom. The first-order chi connectivity index (χ1) is 13.9. The number of carbonyl (C=O) groups excluding carboxylic acids is 1. The molecule has 0 radical (unpaired) electrons. The van der Waals surface area contributed by atoms with Crippen molar-refractivity contribution in [2.45, 2.75) is 38.5 Å². The fourth-order valence-corrected chi connectivity index (χ4v) is 3.86. The summed E-state index contributed by atoms with van der Waals surface area (Å²) < 4.78 is 57.9. The molecule has 0 fully saturated rings. The SMILES string of the molecule is CC1(C)C[C@@H](NC(=O)NCc2ccc(NS(C)(=O)=O)c(F)c2)c2ccc(F)cc2O1. The van der Waals surface area contributed by atoms with Crippen LogP contribution in [-0.4, -0.2) is 26.3 Å². The van der Waals surface area contributed by atoms with E-state index in [1.54, 1.807) is 6.07 Å². The number of hydrogen-bond donors (Lipinski definition) is 3. The Morgan fingerprint density at radius 1 is 1.20 bits per heavy atom. The molecular weight excluding hydrogens is 416 g/mol. The highest BCUT2D eigenvalue weighted by atomic mass is 32.2. The van der Waals surface area contributed by atoms with Gasteiger partial charge in [-0.1, -0.05) is 12.1 Å². The van der Waals surface area contributed by atoms with Crippen molar-refractivity contribution in [1.29, 1.82) is 0 Å². The monoisotopic (exact) mass is 439 g/mol. The predicted molar refractivity (Wildman–Crippen MR) is 109 cm³/mol. The van der Waals surface area contributed by atoms with Gasteiger partial charge in [-0.3, -0.25) is 4.72 Å². The molecule has 0 bridgehead atoms. The Labute approximate surface area is 173 Å². The molecule has 1 aliphatic heterocycles. The van der Waals surface area contributed by atoms with Crippen LogP contribution in [0.4, 0.5) is 19.3 Å². The summed E-state index contributed by atoms with van der Waals surface area (Å²) in [5, 5.41) is 5.48. The minimum atomic E-state index is -3.59. The van der Waals surface area contributed by atoms with Gasteiger partial charge < -0.3 is 15.4 Å². The second-order valence-electron chi connectivity index (χ2n) is 7.82. The Balaban J connectivity index is 1.64. The molecule has 0 aromatic heterocycles. The fraction of sp³-hybridized carbons (Fsp3) is 0.350. The van der Waals surface area contributed by atoms with Crippen molar-refractivity contribution >= 4 is 21.7 Å². The number of nitrogens with one attached hydrogen (secondary N) is 3. The van der Waals surface area contributed by atoms with Crippen LogP contribution in [0.5, 0.6) is 5.75 Å². The fourth-order valence-electron chi connectivity index (χ4n) is 3.30. The first-order valence-electron chi connectivity index (χ1n) is 9.21. The molecule has 10 heteroatoms. The quantitative estimate of drug-likeness (QED) is 0.665. The smallest absolute Gasteiger partial charge is 0.315 e. The average Bonchev–Trinajstić information content (AvgIpc) is 2.59. The lowest BCUT2D eigenvalue weighted by atomic mass is 9.90. The maximum Gasteiger partial charge on any atom is 0.315 e. The van der Waals surface area contributed by atoms with E-state index in [9.17, 15) is 22.0 Å². The molecule has 2 aromatic carbocycles. The van der Waals surface area contributed by atoms with E-state index in [4.69, 9.17) is 4.74 Å². The Kier molecular flexibility index (Phi) is 5.89. The van der Waals surface area contributed by atoms with Crippen molar-refractivity contribution in [1.82, 2.24) is 10.6 Å². The van der Waals surface area contributed by atoms with E-state index < -0.39 is 33.3 Å². The maximum atomic E-state index is 14.1. The largest absolute Gasteiger partial charge is 0.487 e. The third kappa shape index (κ3) is 5.59. The number of halogens is 2. The van der Waals surface area contributed by atoms with E-state index in [0.717, 1.165) is 12.3 Å². The topological polar surface area (TPSA) is 96.5 Å². The van der Waals surface area contributed by atoms with E-state index in [0.29, 0.717) is 23.3 Å². The van der Waals surface area contributed by atoms with E-state index in [1.165, 1.54) is 24.3 Å². The van der Waals surface area contributed by atoms with Gasteiger partial charge in [0.2, 0.25) is 10.0 Å². The van der Waals surface area contributed by atoms with Crippen LogP contribution in [0.3, 0.4) is 0 Å². The van der Waals surface area contributed by atoms with Crippen LogP contribution < -0.4 is 20.1 Å². The zero-order valence-corrected chi connectivity index (χ0v) is 17.6. The van der Waals surface area contributed by atoms with E-state index in [-0.39, 0.29) is 18.3 Å². The first kappa shape index (κ1) is 21.8. The standard InChI is InChI=1S/C20H23F2N3O4S/c1-20(2)10-17(14-6-5-13(21)9-18(14)29-20)24-19(26)23-11-12-4-7-16(15(22)8-12)25-30(3,27)28/h4-9,17,25H,10-11H2,1-3H3,(H2,23,24,26)/t17-/m1/s1. The van der Waals surface area contributed by atoms with Crippen LogP contribution >= 0.6 is 0 Å². The van der Waals surface area contributed by atoms with E-state index in [2.05, 4.69) is 15.4 Å². The summed E-state index contributed by atoms with van der Waals surface area (Å²) in [4.78, 5) is 12.4. The van der Waals surface area contributed by atoms with Crippen LogP contribution in [-0.2, 0) is 16.6 Å². The second-order valence-corrected chi connectivity index (χ2v) is 9.56. The molecule has 162 valence electrons. The molecular formula is C20H23F2N3O4S. The molecule has 0 spiro atoms. The summed E-state index contributed by atoms with van der Waals surface area (Å²) in [6.45, 7) is 3.73. The number of hydrogen-bond acceptors (Lipinski definition) is 4. The molecule has 7 nitrogen and oxygen atoms in total. The summed E-state index contributed by atoms with van der Waals surface area (Å²) in [6.07, 6.45) is 1.41. The van der Waals surface area contributed by atoms with Gasteiger partial charge in [-0.25, -0.2) is 22.0 Å². The van der Waals surface area contributed by atoms with Gasteiger partial charge in [0.1, 0.15) is 23.0 Å². The van der Waals surface area contributed by atoms with Crippen LogP contribution in [0.25, 0.3) is 0 Å². The molecule has 3 N–H and O–H groups in total. The van der Waals surface area contributed by atoms with Crippen molar-refractivity contribution < 1.29 is 26.7 Å². The number of rotatable bonds is 5. The highest BCUT2D eigenvalue weighted by Gasteiger charge is 2.34. The number of urea groups is 1. The Hall–Kier alpha value is -2.88. The maximum absolute atomic E-state index is 14.1. The first-order valence-corrected chi connectivity index (χ1v) is 11.1. The molecule has 0 saturated heterocycles. The third-order valence-corrected chi connectivity index (χ3v) is 5.11. The molecule has 1 aliphatic rings. The molecule has 0 unspecified atom stereocenters. The lowest BCUT2D eigenvalue weighted by molar-refractivity contribution is 0.0674. The van der Waals surface area contributed by atoms with Crippen LogP contribution in [0, 0.1) is 11.6 Å². The molecule has 30 heavy (non-hydrogen) atoms. The van der Waals surface area contributed by atoms with Crippen molar-refractivity contribution in [3.63, 3.8) is 0 Å². The van der Waals surface area contributed by atoms with Gasteiger partial charge in [0.25, 0.3) is 0 Å².